The summed E-state index contributed by atoms with van der Waals surface area (Å²) in [6.07, 6.45) is 0. The highest BCUT2D eigenvalue weighted by molar-refractivity contribution is 7.79. The third kappa shape index (κ3) is 1.30. The van der Waals surface area contributed by atoms with Crippen molar-refractivity contribution in [1.29, 1.82) is 0 Å². The minimum Gasteiger partial charge on any atom is -0.508 e. The smallest absolute Gasteiger partial charge is 0.203 e. The van der Waals surface area contributed by atoms with Crippen LogP contribution in [0.2, 0.25) is 0 Å². The lowest BCUT2D eigenvalue weighted by molar-refractivity contribution is 0.476. The molecule has 5 heteroatoms. The van der Waals surface area contributed by atoms with Crippen LogP contribution in [0.4, 0.5) is 0 Å². The van der Waals surface area contributed by atoms with Crippen molar-refractivity contribution in [2.45, 2.75) is 5.03 Å². The van der Waals surface area contributed by atoms with Crippen LogP contribution in [0.25, 0.3) is 10.9 Å². The fourth-order valence-corrected chi connectivity index (χ4v) is 2.02. The number of aromatic hydroxyl groups is 1. The molecule has 1 unspecified atom stereocenters. The Labute approximate surface area is 83.1 Å². The number of hydrogen-bond acceptors (Lipinski definition) is 2. The van der Waals surface area contributed by atoms with Crippen LogP contribution in [0.1, 0.15) is 0 Å². The van der Waals surface area contributed by atoms with Gasteiger partial charge < -0.3 is 14.2 Å². The lowest BCUT2D eigenvalue weighted by atomic mass is 10.2. The average molecular weight is 211 g/mol. The second-order valence-corrected chi connectivity index (χ2v) is 3.95. The van der Waals surface area contributed by atoms with Gasteiger partial charge in [0.2, 0.25) is 11.1 Å². The SMILES string of the molecule is Cn1c(S(=O)O)cc2ccc(O)cc21. The van der Waals surface area contributed by atoms with Gasteiger partial charge in [-0.2, -0.15) is 0 Å². The van der Waals surface area contributed by atoms with E-state index in [2.05, 4.69) is 0 Å². The lowest BCUT2D eigenvalue weighted by Crippen LogP contribution is -1.97. The summed E-state index contributed by atoms with van der Waals surface area (Å²) in [4.78, 5) is 0. The molecule has 1 atom stereocenters. The van der Waals surface area contributed by atoms with Gasteiger partial charge in [0.1, 0.15) is 10.8 Å². The second-order valence-electron chi connectivity index (χ2n) is 3.03. The zero-order valence-corrected chi connectivity index (χ0v) is 8.28. The number of hydrogen-bond donors (Lipinski definition) is 2. The van der Waals surface area contributed by atoms with Gasteiger partial charge in [0, 0.05) is 18.5 Å². The third-order valence-corrected chi connectivity index (χ3v) is 2.91. The fourth-order valence-electron chi connectivity index (χ4n) is 1.46. The molecule has 0 aliphatic heterocycles. The number of nitrogens with zero attached hydrogens (tertiary/aromatic N) is 1. The van der Waals surface area contributed by atoms with Crippen LogP contribution in [-0.2, 0) is 18.1 Å². The Hall–Kier alpha value is -1.33. The van der Waals surface area contributed by atoms with Crippen LogP contribution in [0, 0.1) is 0 Å². The molecule has 0 spiro atoms. The normalized spacial score (nSPS) is 13.3. The summed E-state index contributed by atoms with van der Waals surface area (Å²) in [5, 5.41) is 10.4. The molecule has 0 bridgehead atoms. The first-order valence-electron chi connectivity index (χ1n) is 3.99. The van der Waals surface area contributed by atoms with Crippen LogP contribution in [-0.4, -0.2) is 18.4 Å². The van der Waals surface area contributed by atoms with E-state index in [0.717, 1.165) is 10.9 Å². The number of fused-ring (bicyclic) bond motifs is 1. The Morgan fingerprint density at radius 3 is 2.71 bits per heavy atom. The summed E-state index contributed by atoms with van der Waals surface area (Å²) in [6, 6.07) is 6.45. The van der Waals surface area contributed by atoms with Crippen molar-refractivity contribution in [3.8, 4) is 5.75 Å². The first kappa shape index (κ1) is 9.23. The molecule has 0 aliphatic rings. The summed E-state index contributed by atoms with van der Waals surface area (Å²) in [5.41, 5.74) is 0.738. The van der Waals surface area contributed by atoms with Crippen LogP contribution >= 0.6 is 0 Å². The number of rotatable bonds is 1. The number of phenols is 1. The predicted molar refractivity (Wildman–Crippen MR) is 53.6 cm³/mol. The largest absolute Gasteiger partial charge is 0.508 e. The highest BCUT2D eigenvalue weighted by atomic mass is 32.2. The minimum atomic E-state index is -2.00. The van der Waals surface area contributed by atoms with E-state index in [0.29, 0.717) is 5.03 Å². The van der Waals surface area contributed by atoms with Gasteiger partial charge in [-0.3, -0.25) is 0 Å². The van der Waals surface area contributed by atoms with E-state index in [-0.39, 0.29) is 5.75 Å². The fraction of sp³-hybridized carbons (Fsp3) is 0.111. The van der Waals surface area contributed by atoms with Crippen molar-refractivity contribution in [3.05, 3.63) is 24.3 Å². The molecular formula is C9H9NO3S. The molecule has 1 aromatic heterocycles. The van der Waals surface area contributed by atoms with Crippen molar-refractivity contribution < 1.29 is 13.9 Å². The third-order valence-electron chi connectivity index (χ3n) is 2.16. The Bertz CT molecular complexity index is 518. The summed E-state index contributed by atoms with van der Waals surface area (Å²) in [6.45, 7) is 0. The maximum Gasteiger partial charge on any atom is 0.203 e. The maximum atomic E-state index is 10.9. The quantitative estimate of drug-likeness (QED) is 0.702. The van der Waals surface area contributed by atoms with Gasteiger partial charge in [-0.15, -0.1) is 0 Å². The number of aromatic nitrogens is 1. The van der Waals surface area contributed by atoms with Crippen molar-refractivity contribution >= 4 is 22.0 Å². The zero-order chi connectivity index (χ0) is 10.3. The molecule has 0 radical (unpaired) electrons. The molecule has 74 valence electrons. The number of phenolic OH excluding ortho intramolecular Hbond substituents is 1. The summed E-state index contributed by atoms with van der Waals surface area (Å²) >= 11 is -2.00. The predicted octanol–water partition coefficient (Wildman–Crippen LogP) is 1.46. The monoisotopic (exact) mass is 211 g/mol. The maximum absolute atomic E-state index is 10.9. The van der Waals surface area contributed by atoms with E-state index >= 15 is 0 Å². The van der Waals surface area contributed by atoms with E-state index in [1.807, 2.05) is 0 Å². The van der Waals surface area contributed by atoms with Crippen LogP contribution in [0.3, 0.4) is 0 Å². The van der Waals surface area contributed by atoms with E-state index < -0.39 is 11.1 Å². The Balaban J connectivity index is 2.80. The topological polar surface area (TPSA) is 62.5 Å². The molecule has 1 heterocycles. The van der Waals surface area contributed by atoms with Crippen molar-refractivity contribution in [2.75, 3.05) is 0 Å². The van der Waals surface area contributed by atoms with E-state index in [4.69, 9.17) is 4.55 Å². The summed E-state index contributed by atoms with van der Waals surface area (Å²) < 4.78 is 21.5. The standard InChI is InChI=1S/C9H9NO3S/c1-10-8-5-7(11)3-2-6(8)4-9(10)14(12)13/h2-5,11H,1H3,(H,12,13). The Kier molecular flexibility index (Phi) is 2.05. The van der Waals surface area contributed by atoms with Gasteiger partial charge in [-0.1, -0.05) is 0 Å². The zero-order valence-electron chi connectivity index (χ0n) is 7.47. The molecule has 0 saturated heterocycles. The molecular weight excluding hydrogens is 202 g/mol. The van der Waals surface area contributed by atoms with Crippen LogP contribution < -0.4 is 0 Å². The number of benzene rings is 1. The molecule has 1 aromatic carbocycles. The van der Waals surface area contributed by atoms with Gasteiger partial charge in [-0.25, -0.2) is 4.21 Å². The highest BCUT2D eigenvalue weighted by Crippen LogP contribution is 2.24. The number of aryl methyl sites for hydroxylation is 1. The molecule has 14 heavy (non-hydrogen) atoms. The van der Waals surface area contributed by atoms with Crippen LogP contribution in [0.5, 0.6) is 5.75 Å². The van der Waals surface area contributed by atoms with Crippen molar-refractivity contribution in [1.82, 2.24) is 4.57 Å². The lowest BCUT2D eigenvalue weighted by Gasteiger charge is -1.99. The molecule has 2 aromatic rings. The molecule has 0 fully saturated rings. The van der Waals surface area contributed by atoms with Gasteiger partial charge >= 0.3 is 0 Å². The van der Waals surface area contributed by atoms with Gasteiger partial charge in [0.05, 0.1) is 5.52 Å². The molecule has 4 nitrogen and oxygen atoms in total. The molecule has 0 amide bonds. The van der Waals surface area contributed by atoms with Gasteiger partial charge in [0.25, 0.3) is 0 Å². The van der Waals surface area contributed by atoms with Gasteiger partial charge in [-0.05, 0) is 18.2 Å². The molecule has 0 saturated carbocycles. The molecule has 2 N–H and O–H groups in total. The second kappa shape index (κ2) is 3.11. The summed E-state index contributed by atoms with van der Waals surface area (Å²) in [5.74, 6) is 0.147. The van der Waals surface area contributed by atoms with Crippen molar-refractivity contribution in [2.24, 2.45) is 7.05 Å². The minimum absolute atomic E-state index is 0.147. The molecule has 2 rings (SSSR count). The van der Waals surface area contributed by atoms with E-state index in [1.165, 1.54) is 0 Å². The Morgan fingerprint density at radius 1 is 1.36 bits per heavy atom. The molecule has 0 aliphatic carbocycles. The van der Waals surface area contributed by atoms with Crippen molar-refractivity contribution in [3.63, 3.8) is 0 Å². The van der Waals surface area contributed by atoms with Crippen LogP contribution in [0.15, 0.2) is 29.3 Å². The van der Waals surface area contributed by atoms with Gasteiger partial charge in [0.15, 0.2) is 0 Å². The first-order valence-corrected chi connectivity index (χ1v) is 5.09. The van der Waals surface area contributed by atoms with E-state index in [9.17, 15) is 9.32 Å². The average Bonchev–Trinajstić information content (AvgIpc) is 2.44. The first-order chi connectivity index (χ1) is 6.59. The van der Waals surface area contributed by atoms with E-state index in [1.54, 1.807) is 35.9 Å². The Morgan fingerprint density at radius 2 is 2.07 bits per heavy atom. The summed E-state index contributed by atoms with van der Waals surface area (Å²) in [7, 11) is 1.69. The highest BCUT2D eigenvalue weighted by Gasteiger charge is 2.09.